The summed E-state index contributed by atoms with van der Waals surface area (Å²) < 4.78 is 15.4. The first-order valence-corrected chi connectivity index (χ1v) is 9.76. The van der Waals surface area contributed by atoms with E-state index in [2.05, 4.69) is 5.32 Å². The second-order valence-corrected chi connectivity index (χ2v) is 7.21. The number of carbonyl (C=O) groups is 4. The number of hydrogen-bond acceptors (Lipinski definition) is 8. The molecule has 1 aromatic heterocycles. The average molecular weight is 446 g/mol. The van der Waals surface area contributed by atoms with Crippen LogP contribution in [0.25, 0.3) is 6.08 Å². The number of carboxylic acid groups (broad SMARTS) is 1. The zero-order valence-corrected chi connectivity index (χ0v) is 17.1. The molecule has 3 rings (SSSR count). The van der Waals surface area contributed by atoms with Crippen molar-refractivity contribution in [2.75, 3.05) is 20.3 Å². The maximum absolute atomic E-state index is 12.6. The van der Waals surface area contributed by atoms with Crippen LogP contribution in [0.4, 0.5) is 4.79 Å². The van der Waals surface area contributed by atoms with Gasteiger partial charge >= 0.3 is 5.97 Å². The van der Waals surface area contributed by atoms with E-state index in [-0.39, 0.29) is 22.9 Å². The summed E-state index contributed by atoms with van der Waals surface area (Å²) in [5.41, 5.74) is 0.535. The van der Waals surface area contributed by atoms with E-state index >= 15 is 0 Å². The van der Waals surface area contributed by atoms with Crippen molar-refractivity contribution in [3.8, 4) is 11.5 Å². The van der Waals surface area contributed by atoms with Crippen molar-refractivity contribution in [3.63, 3.8) is 0 Å². The van der Waals surface area contributed by atoms with Crippen molar-refractivity contribution in [2.24, 2.45) is 0 Å². The van der Waals surface area contributed by atoms with Crippen LogP contribution in [0.1, 0.15) is 11.3 Å². The maximum Gasteiger partial charge on any atom is 0.341 e. The monoisotopic (exact) mass is 446 g/mol. The molecule has 0 aliphatic carbocycles. The van der Waals surface area contributed by atoms with Crippen molar-refractivity contribution in [1.82, 2.24) is 10.2 Å². The normalized spacial score (nSPS) is 14.7. The quantitative estimate of drug-likeness (QED) is 0.555. The minimum Gasteiger partial charge on any atom is -0.493 e. The lowest BCUT2D eigenvalue weighted by atomic mass is 10.2. The van der Waals surface area contributed by atoms with Gasteiger partial charge in [-0.3, -0.25) is 19.3 Å². The van der Waals surface area contributed by atoms with Crippen molar-refractivity contribution < 1.29 is 38.2 Å². The Kier molecular flexibility index (Phi) is 6.98. The maximum atomic E-state index is 12.6. The van der Waals surface area contributed by atoms with E-state index in [1.54, 1.807) is 24.3 Å². The Labute approximate surface area is 180 Å². The fourth-order valence-electron chi connectivity index (χ4n) is 2.62. The Morgan fingerprint density at radius 1 is 1.26 bits per heavy atom. The van der Waals surface area contributed by atoms with Crippen LogP contribution in [-0.2, 0) is 20.9 Å². The summed E-state index contributed by atoms with van der Waals surface area (Å²) in [5.74, 6) is -1.18. The van der Waals surface area contributed by atoms with Crippen molar-refractivity contribution in [2.45, 2.75) is 6.54 Å². The van der Waals surface area contributed by atoms with Gasteiger partial charge in [-0.2, -0.15) is 0 Å². The van der Waals surface area contributed by atoms with Crippen molar-refractivity contribution in [3.05, 3.63) is 52.8 Å². The standard InChI is InChI=1S/C20H18N2O8S/c1-28-15-7-12(4-5-14(15)30-11-18(24)25)8-16-19(26)22(20(27)31-16)10-17(23)21-9-13-3-2-6-29-13/h2-8H,9-11H2,1H3,(H,21,23)(H,24,25)/b16-8-. The second kappa shape index (κ2) is 9.85. The van der Waals surface area contributed by atoms with Crippen LogP contribution in [0.5, 0.6) is 11.5 Å². The topological polar surface area (TPSA) is 135 Å². The Hall–Kier alpha value is -3.73. The number of methoxy groups -OCH3 is 1. The molecule has 0 spiro atoms. The first-order valence-electron chi connectivity index (χ1n) is 8.94. The van der Waals surface area contributed by atoms with Gasteiger partial charge in [0, 0.05) is 0 Å². The van der Waals surface area contributed by atoms with Crippen molar-refractivity contribution >= 4 is 40.9 Å². The van der Waals surface area contributed by atoms with Gasteiger partial charge in [-0.25, -0.2) is 4.79 Å². The number of nitrogens with one attached hydrogen (secondary N) is 1. The summed E-state index contributed by atoms with van der Waals surface area (Å²) >= 11 is 0.717. The first-order chi connectivity index (χ1) is 14.9. The van der Waals surface area contributed by atoms with Gasteiger partial charge in [0.05, 0.1) is 24.8 Å². The van der Waals surface area contributed by atoms with E-state index in [1.165, 1.54) is 25.5 Å². The molecule has 2 N–H and O–H groups in total. The third kappa shape index (κ3) is 5.66. The fraction of sp³-hybridized carbons (Fsp3) is 0.200. The Morgan fingerprint density at radius 2 is 2.06 bits per heavy atom. The zero-order valence-electron chi connectivity index (χ0n) is 16.3. The summed E-state index contributed by atoms with van der Waals surface area (Å²) in [4.78, 5) is 48.5. The van der Waals surface area contributed by atoms with Gasteiger partial charge in [-0.1, -0.05) is 6.07 Å². The molecule has 1 fully saturated rings. The highest BCUT2D eigenvalue weighted by Crippen LogP contribution is 2.34. The molecule has 2 aromatic rings. The van der Waals surface area contributed by atoms with E-state index < -0.39 is 36.2 Å². The number of ether oxygens (including phenoxy) is 2. The molecular formula is C20H18N2O8S. The van der Waals surface area contributed by atoms with Gasteiger partial charge in [0.2, 0.25) is 5.91 Å². The number of rotatable bonds is 9. The summed E-state index contributed by atoms with van der Waals surface area (Å²) in [6.07, 6.45) is 2.96. The minimum atomic E-state index is -1.13. The molecule has 2 heterocycles. The molecular weight excluding hydrogens is 428 g/mol. The first kappa shape index (κ1) is 22.0. The zero-order chi connectivity index (χ0) is 22.4. The van der Waals surface area contributed by atoms with Crippen LogP contribution >= 0.6 is 11.8 Å². The molecule has 0 unspecified atom stereocenters. The smallest absolute Gasteiger partial charge is 0.341 e. The molecule has 1 aliphatic rings. The fourth-order valence-corrected chi connectivity index (χ4v) is 3.46. The molecule has 0 radical (unpaired) electrons. The lowest BCUT2D eigenvalue weighted by Gasteiger charge is -2.12. The minimum absolute atomic E-state index is 0.144. The van der Waals surface area contributed by atoms with Gasteiger partial charge in [-0.15, -0.1) is 0 Å². The van der Waals surface area contributed by atoms with E-state index in [4.69, 9.17) is 19.0 Å². The van der Waals surface area contributed by atoms with Crippen LogP contribution in [0.2, 0.25) is 0 Å². The van der Waals surface area contributed by atoms with Gasteiger partial charge in [0.15, 0.2) is 18.1 Å². The average Bonchev–Trinajstić information content (AvgIpc) is 3.35. The highest BCUT2D eigenvalue weighted by molar-refractivity contribution is 8.18. The van der Waals surface area contributed by atoms with Crippen molar-refractivity contribution in [1.29, 1.82) is 0 Å². The summed E-state index contributed by atoms with van der Waals surface area (Å²) in [5, 5.41) is 10.7. The van der Waals surface area contributed by atoms with Crippen LogP contribution in [-0.4, -0.2) is 53.3 Å². The van der Waals surface area contributed by atoms with Gasteiger partial charge < -0.3 is 24.3 Å². The molecule has 3 amide bonds. The third-order valence-corrected chi connectivity index (χ3v) is 4.96. The Balaban J connectivity index is 1.66. The second-order valence-electron chi connectivity index (χ2n) is 6.22. The molecule has 1 aliphatic heterocycles. The number of hydrogen-bond donors (Lipinski definition) is 2. The molecule has 0 saturated carbocycles. The Bertz CT molecular complexity index is 1030. The van der Waals surface area contributed by atoms with Gasteiger partial charge in [0.1, 0.15) is 12.3 Å². The summed E-state index contributed by atoms with van der Waals surface area (Å²) in [7, 11) is 1.39. The third-order valence-electron chi connectivity index (χ3n) is 4.05. The predicted molar refractivity (Wildman–Crippen MR) is 109 cm³/mol. The van der Waals surface area contributed by atoms with Gasteiger partial charge in [-0.05, 0) is 47.7 Å². The van der Waals surface area contributed by atoms with E-state index in [1.807, 2.05) is 0 Å². The van der Waals surface area contributed by atoms with Crippen LogP contribution in [0.3, 0.4) is 0 Å². The molecule has 0 atom stereocenters. The number of aliphatic carboxylic acids is 1. The SMILES string of the molecule is COc1cc(/C=C2\SC(=O)N(CC(=O)NCc3ccco3)C2=O)ccc1OCC(=O)O. The molecule has 162 valence electrons. The molecule has 1 aromatic carbocycles. The highest BCUT2D eigenvalue weighted by Gasteiger charge is 2.36. The van der Waals surface area contributed by atoms with E-state index in [0.29, 0.717) is 23.1 Å². The molecule has 0 bridgehead atoms. The number of carboxylic acids is 1. The number of furan rings is 1. The lowest BCUT2D eigenvalue weighted by Crippen LogP contribution is -2.39. The Morgan fingerprint density at radius 3 is 2.74 bits per heavy atom. The number of nitrogens with zero attached hydrogens (tertiary/aromatic N) is 1. The predicted octanol–water partition coefficient (Wildman–Crippen LogP) is 2.10. The number of amides is 3. The number of imide groups is 1. The molecule has 11 heteroatoms. The van der Waals surface area contributed by atoms with Crippen LogP contribution in [0.15, 0.2) is 45.9 Å². The van der Waals surface area contributed by atoms with E-state index in [9.17, 15) is 19.2 Å². The van der Waals surface area contributed by atoms with Crippen LogP contribution in [0, 0.1) is 0 Å². The highest BCUT2D eigenvalue weighted by atomic mass is 32.2. The summed E-state index contributed by atoms with van der Waals surface area (Å²) in [6.45, 7) is -0.793. The number of benzene rings is 1. The van der Waals surface area contributed by atoms with Crippen LogP contribution < -0.4 is 14.8 Å². The molecule has 1 saturated heterocycles. The molecule has 31 heavy (non-hydrogen) atoms. The molecule has 10 nitrogen and oxygen atoms in total. The van der Waals surface area contributed by atoms with Gasteiger partial charge in [0.25, 0.3) is 11.1 Å². The van der Waals surface area contributed by atoms with E-state index in [0.717, 1.165) is 4.90 Å². The lowest BCUT2D eigenvalue weighted by molar-refractivity contribution is -0.139. The number of thioether (sulfide) groups is 1. The summed E-state index contributed by atoms with van der Waals surface area (Å²) in [6, 6.07) is 8.00. The largest absolute Gasteiger partial charge is 0.493 e. The number of carbonyl (C=O) groups excluding carboxylic acids is 3.